The Bertz CT molecular complexity index is 2040. The Morgan fingerprint density at radius 2 is 1.25 bits per heavy atom. The van der Waals surface area contributed by atoms with Crippen LogP contribution in [0.5, 0.6) is 0 Å². The zero-order valence-electron chi connectivity index (χ0n) is 49.5. The van der Waals surface area contributed by atoms with Crippen LogP contribution in [-0.4, -0.2) is 111 Å². The van der Waals surface area contributed by atoms with Crippen LogP contribution in [0.25, 0.3) is 0 Å². The first-order chi connectivity index (χ1) is 35.8. The molecule has 79 heavy (non-hydrogen) atoms. The van der Waals surface area contributed by atoms with E-state index in [0.29, 0.717) is 75.8 Å². The van der Waals surface area contributed by atoms with Gasteiger partial charge in [-0.2, -0.15) is 13.2 Å². The van der Waals surface area contributed by atoms with E-state index in [4.69, 9.17) is 18.9 Å². The van der Waals surface area contributed by atoms with E-state index < -0.39 is 93.3 Å². The summed E-state index contributed by atoms with van der Waals surface area (Å²) >= 11 is 0. The van der Waals surface area contributed by atoms with Crippen molar-refractivity contribution in [3.05, 3.63) is 0 Å². The van der Waals surface area contributed by atoms with E-state index in [-0.39, 0.29) is 92.9 Å². The molecule has 1 aliphatic heterocycles. The van der Waals surface area contributed by atoms with Gasteiger partial charge in [0.2, 0.25) is 12.5 Å². The quantitative estimate of drug-likeness (QED) is 0.0209. The molecule has 8 unspecified atom stereocenters. The minimum Gasteiger partial charge on any atom is -0.748 e. The SMILES string of the molecule is CCC(C)(C)C(=O)OC12CC3CC(C1)CC(C(=O)OC(CS(=O)(=O)[O-])C(F)(F)F)(C3)C2.CCC(C)(C)C(=O)OCC(F)(F)CC(F)F.CCC(C)(C)C(=O)OCC1CCC2OC2C1.CCCCC(CC)COC(=O)C(C)CC.[K+]. The second-order valence-electron chi connectivity index (χ2n) is 24.6. The van der Waals surface area contributed by atoms with Gasteiger partial charge < -0.3 is 33.0 Å². The van der Waals surface area contributed by atoms with E-state index >= 15 is 0 Å². The molecule has 14 nitrogen and oxygen atoms in total. The third-order valence-electron chi connectivity index (χ3n) is 16.5. The van der Waals surface area contributed by atoms with Crippen molar-refractivity contribution in [2.45, 2.75) is 248 Å². The third-order valence-corrected chi connectivity index (χ3v) is 17.2. The second-order valence-corrected chi connectivity index (χ2v) is 26.0. The predicted octanol–water partition coefficient (Wildman–Crippen LogP) is 9.91. The first-order valence-corrected chi connectivity index (χ1v) is 29.6. The van der Waals surface area contributed by atoms with Crippen LogP contribution in [0.3, 0.4) is 0 Å². The van der Waals surface area contributed by atoms with Crippen molar-refractivity contribution in [2.24, 2.45) is 51.2 Å². The molecule has 8 atom stereocenters. The van der Waals surface area contributed by atoms with Crippen LogP contribution in [0.15, 0.2) is 0 Å². The molecule has 0 N–H and O–H groups in total. The summed E-state index contributed by atoms with van der Waals surface area (Å²) < 4.78 is 153. The molecule has 6 fully saturated rings. The number of ether oxygens (including phenoxy) is 6. The summed E-state index contributed by atoms with van der Waals surface area (Å²) in [5.41, 5.74) is -4.17. The molecule has 5 aliphatic carbocycles. The summed E-state index contributed by atoms with van der Waals surface area (Å²) in [5, 5.41) is 0. The monoisotopic (exact) mass is 1190 g/mol. The molecule has 4 bridgehead atoms. The van der Waals surface area contributed by atoms with E-state index in [0.717, 1.165) is 44.9 Å². The molecular weight excluding hydrogens is 1100 g/mol. The van der Waals surface area contributed by atoms with E-state index in [1.165, 1.54) is 19.3 Å². The molecule has 6 rings (SSSR count). The number of epoxide rings is 1. The number of halogens is 7. The van der Waals surface area contributed by atoms with Crippen molar-refractivity contribution < 1.29 is 147 Å². The normalized spacial score (nSPS) is 25.4. The molecular formula is C56H92F7KO14S. The zero-order chi connectivity index (χ0) is 59.9. The Kier molecular flexibility index (Phi) is 30.6. The van der Waals surface area contributed by atoms with Crippen molar-refractivity contribution in [1.82, 2.24) is 0 Å². The Morgan fingerprint density at radius 1 is 0.722 bits per heavy atom. The number of hydrogen-bond donors (Lipinski definition) is 0. The molecule has 1 saturated heterocycles. The minimum atomic E-state index is -5.27. The van der Waals surface area contributed by atoms with Crippen LogP contribution in [0.1, 0.15) is 206 Å². The van der Waals surface area contributed by atoms with E-state index in [9.17, 15) is 67.7 Å². The van der Waals surface area contributed by atoms with Crippen LogP contribution >= 0.6 is 0 Å². The molecule has 0 radical (unpaired) electrons. The Balaban J connectivity index is 0.000000559. The molecule has 0 aromatic rings. The molecule has 456 valence electrons. The number of esters is 5. The minimum absolute atomic E-state index is 0. The first kappa shape index (κ1) is 75.4. The Hall–Kier alpha value is -1.63. The summed E-state index contributed by atoms with van der Waals surface area (Å²) in [4.78, 5) is 60.2. The van der Waals surface area contributed by atoms with Crippen LogP contribution < -0.4 is 51.4 Å². The maximum absolute atomic E-state index is 13.3. The van der Waals surface area contributed by atoms with E-state index in [2.05, 4.69) is 23.3 Å². The maximum atomic E-state index is 13.3. The Labute approximate surface area is 508 Å². The summed E-state index contributed by atoms with van der Waals surface area (Å²) in [5.74, 6) is -6.90. The van der Waals surface area contributed by atoms with Gasteiger partial charge in [-0.25, -0.2) is 26.0 Å². The van der Waals surface area contributed by atoms with Crippen molar-refractivity contribution in [3.63, 3.8) is 0 Å². The average molecular weight is 1190 g/mol. The summed E-state index contributed by atoms with van der Waals surface area (Å²) in [6.45, 7) is 24.2. The molecule has 5 saturated carbocycles. The number of carbonyl (C=O) groups excluding carboxylic acids is 5. The van der Waals surface area contributed by atoms with Crippen molar-refractivity contribution in [2.75, 3.05) is 25.6 Å². The molecule has 1 heterocycles. The van der Waals surface area contributed by atoms with Gasteiger partial charge in [0.15, 0.2) is 6.61 Å². The number of fused-ring (bicyclic) bond motifs is 1. The van der Waals surface area contributed by atoms with Crippen LogP contribution in [0.4, 0.5) is 30.7 Å². The molecule has 6 aliphatic rings. The van der Waals surface area contributed by atoms with E-state index in [1.807, 2.05) is 41.5 Å². The molecule has 0 aromatic heterocycles. The van der Waals surface area contributed by atoms with Gasteiger partial charge in [-0.05, 0) is 149 Å². The fourth-order valence-electron chi connectivity index (χ4n) is 10.0. The maximum Gasteiger partial charge on any atom is 1.00 e. The van der Waals surface area contributed by atoms with E-state index in [1.54, 1.807) is 34.6 Å². The third kappa shape index (κ3) is 25.2. The number of alkyl halides is 7. The van der Waals surface area contributed by atoms with Gasteiger partial charge in [0, 0.05) is 6.42 Å². The summed E-state index contributed by atoms with van der Waals surface area (Å²) in [6, 6.07) is 0. The Morgan fingerprint density at radius 3 is 1.71 bits per heavy atom. The largest absolute Gasteiger partial charge is 1.00 e. The number of hydrogen-bond acceptors (Lipinski definition) is 14. The smallest absolute Gasteiger partial charge is 0.748 e. The fourth-order valence-corrected chi connectivity index (χ4v) is 10.7. The van der Waals surface area contributed by atoms with Crippen LogP contribution in [0, 0.1) is 51.2 Å². The first-order valence-electron chi connectivity index (χ1n) is 28.0. The van der Waals surface area contributed by atoms with Crippen molar-refractivity contribution in [1.29, 1.82) is 0 Å². The summed E-state index contributed by atoms with van der Waals surface area (Å²) in [7, 11) is -5.27. The van der Waals surface area contributed by atoms with Crippen molar-refractivity contribution >= 4 is 40.0 Å². The van der Waals surface area contributed by atoms with Gasteiger partial charge in [-0.1, -0.05) is 67.7 Å². The standard InChI is InChI=1S/C20H29F3O7S.C13H22O3.C13H26O2.C10H16F4O2.K/c1-4-17(2,3)15(24)30-19-8-12-5-13(9-19)7-18(6-12,11-19)16(25)29-14(20(21,22)23)10-31(26,27)28;1-4-13(2,3)12(14)15-8-9-5-6-10-11(7-9)16-10;1-5-8-9-12(7-3)10-15-13(14)11(4)6-2;1-4-9(2,3)8(15)16-6-10(13,14)5-7(11)12;/h12-14H,4-11H2,1-3H3,(H,26,27,28);9-11H,4-8H2,1-3H3;11-12H,5-10H2,1-4H3;7H,4-6H2,1-3H3;/q;;;;+1/p-1. The van der Waals surface area contributed by atoms with Gasteiger partial charge in [-0.3, -0.25) is 24.0 Å². The van der Waals surface area contributed by atoms with Gasteiger partial charge in [0.1, 0.15) is 5.60 Å². The number of rotatable bonds is 25. The topological polar surface area (TPSA) is 201 Å². The van der Waals surface area contributed by atoms with Gasteiger partial charge in [0.25, 0.3) is 5.92 Å². The molecule has 0 amide bonds. The molecule has 0 spiro atoms. The average Bonchev–Trinajstić information content (AvgIpc) is 4.12. The number of carbonyl (C=O) groups is 5. The second kappa shape index (κ2) is 32.0. The van der Waals surface area contributed by atoms with Gasteiger partial charge in [0.05, 0.1) is 75.3 Å². The van der Waals surface area contributed by atoms with Crippen LogP contribution in [0.2, 0.25) is 0 Å². The predicted molar refractivity (Wildman–Crippen MR) is 276 cm³/mol. The molecule has 0 aromatic carbocycles. The summed E-state index contributed by atoms with van der Waals surface area (Å²) in [6.07, 6.45) is 1.35. The van der Waals surface area contributed by atoms with Gasteiger partial charge >= 0.3 is 87.4 Å². The van der Waals surface area contributed by atoms with Crippen LogP contribution in [-0.2, 0) is 62.5 Å². The fraction of sp³-hybridized carbons (Fsp3) is 0.911. The zero-order valence-corrected chi connectivity index (χ0v) is 53.5. The molecule has 23 heteroatoms. The number of unbranched alkanes of at least 4 members (excludes halogenated alkanes) is 1. The van der Waals surface area contributed by atoms with Crippen molar-refractivity contribution in [3.8, 4) is 0 Å². The van der Waals surface area contributed by atoms with Gasteiger partial charge in [-0.15, -0.1) is 0 Å².